The summed E-state index contributed by atoms with van der Waals surface area (Å²) < 4.78 is 7.05. The predicted octanol–water partition coefficient (Wildman–Crippen LogP) is 2.29. The summed E-state index contributed by atoms with van der Waals surface area (Å²) in [4.78, 5) is 0.254. The fraction of sp³-hybridized carbons (Fsp3) is 0.100. The lowest BCUT2D eigenvalue weighted by Gasteiger charge is -1.90. The fourth-order valence-electron chi connectivity index (χ4n) is 1.70. The molecule has 16 heavy (non-hydrogen) atoms. The number of H-pyrrole nitrogens is 1. The number of benzene rings is 1. The maximum absolute atomic E-state index is 5.26. The summed E-state index contributed by atoms with van der Waals surface area (Å²) in [5.41, 5.74) is 1.73. The van der Waals surface area contributed by atoms with Gasteiger partial charge in [-0.25, -0.2) is 5.10 Å². The SMILES string of the molecule is Cn1nc(-c2n[nH]c(=S)o2)c2ccccc21. The van der Waals surface area contributed by atoms with Crippen LogP contribution in [0.3, 0.4) is 0 Å². The molecule has 3 rings (SSSR count). The van der Waals surface area contributed by atoms with Crippen molar-refractivity contribution in [1.82, 2.24) is 20.0 Å². The van der Waals surface area contributed by atoms with E-state index in [1.54, 1.807) is 4.68 Å². The van der Waals surface area contributed by atoms with Gasteiger partial charge in [-0.2, -0.15) is 5.10 Å². The summed E-state index contributed by atoms with van der Waals surface area (Å²) in [6, 6.07) is 7.89. The van der Waals surface area contributed by atoms with Crippen LogP contribution in [0.1, 0.15) is 0 Å². The van der Waals surface area contributed by atoms with E-state index in [0.717, 1.165) is 10.9 Å². The summed E-state index contributed by atoms with van der Waals surface area (Å²) in [7, 11) is 1.88. The Morgan fingerprint density at radius 3 is 2.94 bits per heavy atom. The second kappa shape index (κ2) is 3.28. The van der Waals surface area contributed by atoms with Crippen molar-refractivity contribution in [2.24, 2.45) is 7.05 Å². The Labute approximate surface area is 95.7 Å². The monoisotopic (exact) mass is 232 g/mol. The second-order valence-electron chi connectivity index (χ2n) is 3.41. The summed E-state index contributed by atoms with van der Waals surface area (Å²) in [5, 5.41) is 11.9. The van der Waals surface area contributed by atoms with Crippen molar-refractivity contribution in [2.45, 2.75) is 0 Å². The number of aryl methyl sites for hydroxylation is 1. The third-order valence-corrected chi connectivity index (χ3v) is 2.57. The van der Waals surface area contributed by atoms with Gasteiger partial charge in [0.1, 0.15) is 0 Å². The number of fused-ring (bicyclic) bond motifs is 1. The number of nitrogens with zero attached hydrogens (tertiary/aromatic N) is 3. The standard InChI is InChI=1S/C10H8N4OS/c1-14-7-5-3-2-4-6(7)8(13-14)9-11-12-10(16)15-9/h2-5H,1H3,(H,12,16). The first-order chi connectivity index (χ1) is 7.75. The highest BCUT2D eigenvalue weighted by Gasteiger charge is 2.13. The molecule has 0 fully saturated rings. The van der Waals surface area contributed by atoms with E-state index in [1.807, 2.05) is 31.3 Å². The quantitative estimate of drug-likeness (QED) is 0.654. The number of aromatic nitrogens is 4. The molecule has 0 bridgehead atoms. The smallest absolute Gasteiger partial charge is 0.284 e. The average Bonchev–Trinajstić information content (AvgIpc) is 2.84. The van der Waals surface area contributed by atoms with Crippen LogP contribution in [0.2, 0.25) is 0 Å². The molecule has 0 aliphatic carbocycles. The predicted molar refractivity (Wildman–Crippen MR) is 61.4 cm³/mol. The highest BCUT2D eigenvalue weighted by molar-refractivity contribution is 7.71. The van der Waals surface area contributed by atoms with Crippen molar-refractivity contribution in [3.05, 3.63) is 29.1 Å². The number of hydrogen-bond donors (Lipinski definition) is 1. The van der Waals surface area contributed by atoms with Crippen molar-refractivity contribution in [3.8, 4) is 11.6 Å². The summed E-state index contributed by atoms with van der Waals surface area (Å²) >= 11 is 4.84. The molecule has 0 spiro atoms. The van der Waals surface area contributed by atoms with E-state index < -0.39 is 0 Å². The lowest BCUT2D eigenvalue weighted by Crippen LogP contribution is -1.89. The highest BCUT2D eigenvalue weighted by Crippen LogP contribution is 2.25. The van der Waals surface area contributed by atoms with E-state index in [9.17, 15) is 0 Å². The molecule has 0 saturated heterocycles. The van der Waals surface area contributed by atoms with Crippen molar-refractivity contribution >= 4 is 23.1 Å². The third kappa shape index (κ3) is 1.27. The second-order valence-corrected chi connectivity index (χ2v) is 3.78. The maximum atomic E-state index is 5.26. The Hall–Kier alpha value is -1.95. The van der Waals surface area contributed by atoms with Crippen molar-refractivity contribution in [2.75, 3.05) is 0 Å². The van der Waals surface area contributed by atoms with E-state index in [0.29, 0.717) is 11.6 Å². The number of hydrogen-bond acceptors (Lipinski definition) is 4. The molecule has 1 N–H and O–H groups in total. The van der Waals surface area contributed by atoms with Crippen LogP contribution in [-0.4, -0.2) is 20.0 Å². The fourth-order valence-corrected chi connectivity index (χ4v) is 1.83. The van der Waals surface area contributed by atoms with Gasteiger partial charge in [-0.05, 0) is 18.3 Å². The van der Waals surface area contributed by atoms with Crippen LogP contribution >= 0.6 is 12.2 Å². The molecule has 2 heterocycles. The van der Waals surface area contributed by atoms with Crippen molar-refractivity contribution in [3.63, 3.8) is 0 Å². The first-order valence-corrected chi connectivity index (χ1v) is 5.14. The van der Waals surface area contributed by atoms with E-state index in [1.165, 1.54) is 0 Å². The molecule has 0 radical (unpaired) electrons. The van der Waals surface area contributed by atoms with Gasteiger partial charge >= 0.3 is 0 Å². The lowest BCUT2D eigenvalue weighted by atomic mass is 10.2. The summed E-state index contributed by atoms with van der Waals surface area (Å²) in [6.45, 7) is 0. The first kappa shape index (κ1) is 9.29. The molecule has 5 nitrogen and oxygen atoms in total. The minimum Gasteiger partial charge on any atom is -0.408 e. The number of para-hydroxylation sites is 1. The molecule has 6 heteroatoms. The van der Waals surface area contributed by atoms with Gasteiger partial charge in [0.25, 0.3) is 10.7 Å². The van der Waals surface area contributed by atoms with Crippen LogP contribution in [0.15, 0.2) is 28.7 Å². The molecule has 1 aromatic carbocycles. The zero-order valence-corrected chi connectivity index (χ0v) is 9.28. The molecular formula is C10H8N4OS. The number of nitrogens with one attached hydrogen (secondary N) is 1. The molecule has 3 aromatic rings. The largest absolute Gasteiger partial charge is 0.408 e. The van der Waals surface area contributed by atoms with Crippen LogP contribution in [0, 0.1) is 4.84 Å². The van der Waals surface area contributed by atoms with E-state index in [4.69, 9.17) is 16.6 Å². The van der Waals surface area contributed by atoms with Crippen LogP contribution in [0.25, 0.3) is 22.5 Å². The van der Waals surface area contributed by atoms with E-state index >= 15 is 0 Å². The normalized spacial score (nSPS) is 11.1. The van der Waals surface area contributed by atoms with Gasteiger partial charge in [-0.3, -0.25) is 4.68 Å². The molecule has 0 atom stereocenters. The minimum absolute atomic E-state index is 0.254. The summed E-state index contributed by atoms with van der Waals surface area (Å²) in [6.07, 6.45) is 0. The van der Waals surface area contributed by atoms with Gasteiger partial charge in [0.2, 0.25) is 0 Å². The molecule has 0 amide bonds. The van der Waals surface area contributed by atoms with Crippen LogP contribution in [0.5, 0.6) is 0 Å². The Balaban J connectivity index is 2.36. The molecular weight excluding hydrogens is 224 g/mol. The van der Waals surface area contributed by atoms with Crippen LogP contribution < -0.4 is 0 Å². The van der Waals surface area contributed by atoms with Crippen molar-refractivity contribution in [1.29, 1.82) is 0 Å². The van der Waals surface area contributed by atoms with Gasteiger partial charge < -0.3 is 4.42 Å². The van der Waals surface area contributed by atoms with Gasteiger partial charge in [-0.15, -0.1) is 5.10 Å². The van der Waals surface area contributed by atoms with Gasteiger partial charge in [-0.1, -0.05) is 18.2 Å². The van der Waals surface area contributed by atoms with E-state index in [2.05, 4.69) is 15.3 Å². The number of rotatable bonds is 1. The molecule has 0 saturated carbocycles. The average molecular weight is 232 g/mol. The molecule has 0 aliphatic rings. The van der Waals surface area contributed by atoms with Gasteiger partial charge in [0.15, 0.2) is 5.69 Å². The van der Waals surface area contributed by atoms with Gasteiger partial charge in [0.05, 0.1) is 5.52 Å². The zero-order valence-electron chi connectivity index (χ0n) is 8.47. The van der Waals surface area contributed by atoms with Crippen LogP contribution in [-0.2, 0) is 7.05 Å². The van der Waals surface area contributed by atoms with E-state index in [-0.39, 0.29) is 4.84 Å². The summed E-state index contributed by atoms with van der Waals surface area (Å²) in [5.74, 6) is 0.418. The lowest BCUT2D eigenvalue weighted by molar-refractivity contribution is 0.549. The van der Waals surface area contributed by atoms with Crippen molar-refractivity contribution < 1.29 is 4.42 Å². The molecule has 2 aromatic heterocycles. The Kier molecular flexibility index (Phi) is 1.90. The van der Waals surface area contributed by atoms with Crippen LogP contribution in [0.4, 0.5) is 0 Å². The Morgan fingerprint density at radius 1 is 1.38 bits per heavy atom. The Bertz CT molecular complexity index is 709. The minimum atomic E-state index is 0.254. The highest BCUT2D eigenvalue weighted by atomic mass is 32.1. The van der Waals surface area contributed by atoms with Gasteiger partial charge in [0, 0.05) is 12.4 Å². The maximum Gasteiger partial charge on any atom is 0.284 e. The molecule has 0 aliphatic heterocycles. The third-order valence-electron chi connectivity index (χ3n) is 2.40. The topological polar surface area (TPSA) is 59.6 Å². The zero-order chi connectivity index (χ0) is 11.1. The number of aromatic amines is 1. The Morgan fingerprint density at radius 2 is 2.19 bits per heavy atom. The molecule has 0 unspecified atom stereocenters. The molecule has 80 valence electrons. The first-order valence-electron chi connectivity index (χ1n) is 4.73.